The van der Waals surface area contributed by atoms with Crippen LogP contribution in [-0.2, 0) is 0 Å². The molecule has 0 N–H and O–H groups in total. The Morgan fingerprint density at radius 3 is 1.24 bits per heavy atom. The second-order valence-electron chi connectivity index (χ2n) is 20.9. The molecule has 13 aromatic carbocycles. The second-order valence-corrected chi connectivity index (χ2v) is 24.7. The summed E-state index contributed by atoms with van der Waals surface area (Å²) in [7, 11) is -3.07. The van der Waals surface area contributed by atoms with Crippen molar-refractivity contribution in [2.45, 2.75) is 0 Å². The lowest BCUT2D eigenvalue weighted by Crippen LogP contribution is -2.74. The van der Waals surface area contributed by atoms with Crippen molar-refractivity contribution in [3.63, 3.8) is 0 Å². The molecule has 0 spiro atoms. The Hall–Kier alpha value is -10.5. The van der Waals surface area contributed by atoms with Crippen molar-refractivity contribution in [2.24, 2.45) is 0 Å². The highest BCUT2D eigenvalue weighted by molar-refractivity contribution is 7.20. The average molecular weight is 1070 g/mol. The summed E-state index contributed by atoms with van der Waals surface area (Å²) in [5.74, 6) is 0. The first-order valence-electron chi connectivity index (χ1n) is 31.7. The van der Waals surface area contributed by atoms with Gasteiger partial charge in [-0.3, -0.25) is 0 Å². The molecule has 0 aliphatic carbocycles. The molecule has 0 amide bonds. The Bertz CT molecular complexity index is 5340. The van der Waals surface area contributed by atoms with Gasteiger partial charge in [-0.15, -0.1) is 0 Å². The summed E-state index contributed by atoms with van der Waals surface area (Å²) in [5, 5.41) is 9.22. The van der Waals surface area contributed by atoms with Crippen LogP contribution in [0.25, 0.3) is 116 Å². The van der Waals surface area contributed by atoms with Gasteiger partial charge < -0.3 is 13.7 Å². The lowest BCUT2D eigenvalue weighted by atomic mass is 9.95. The van der Waals surface area contributed by atoms with Crippen LogP contribution >= 0.6 is 0 Å². The third kappa shape index (κ3) is 7.35. The number of rotatable bonds is 10. The van der Waals surface area contributed by atoms with Gasteiger partial charge in [0.25, 0.3) is 0 Å². The molecule has 0 fully saturated rings. The summed E-state index contributed by atoms with van der Waals surface area (Å²) >= 11 is 0. The van der Waals surface area contributed by atoms with Gasteiger partial charge in [-0.1, -0.05) is 261 Å². The zero-order valence-corrected chi connectivity index (χ0v) is 45.3. The summed E-state index contributed by atoms with van der Waals surface area (Å²) in [5.41, 5.74) is 13.1. The van der Waals surface area contributed by atoms with Crippen LogP contribution in [0.3, 0.4) is 0 Å². The van der Waals surface area contributed by atoms with Crippen molar-refractivity contribution in [3.8, 4) is 50.4 Å². The van der Waals surface area contributed by atoms with Crippen LogP contribution < -0.4 is 20.7 Å². The van der Waals surface area contributed by atoms with E-state index in [1.807, 2.05) is 30.3 Å². The molecule has 0 atom stereocenters. The molecule has 16 aromatic rings. The number of nitrogens with zero attached hydrogens (tertiary/aromatic N) is 3. The minimum Gasteiger partial charge on any atom is -0.309 e. The number of para-hydroxylation sites is 5. The van der Waals surface area contributed by atoms with Gasteiger partial charge in [0.1, 0.15) is 0 Å². The SMILES string of the molecule is [2H]c1c([2H])c([2H])c2c(c1[2H])c1c([2H])c([2H])c([2H])c([2H])c1n2-c1ccc2c(c1)c1ccccc1n2-c1ccccc1-c1ccc2c(c1)c1ccccc1n2-c1c(-c2ccccc2)cc([Si](c2ccccc2)(c2ccccc2)c2ccccc2)cc1-c1ccccc1. The molecule has 384 valence electrons. The van der Waals surface area contributed by atoms with Crippen LogP contribution in [-0.4, -0.2) is 21.8 Å². The van der Waals surface area contributed by atoms with Crippen LogP contribution in [0.2, 0.25) is 0 Å². The van der Waals surface area contributed by atoms with Crippen molar-refractivity contribution in [1.29, 1.82) is 0 Å². The molecule has 3 nitrogen and oxygen atoms in total. The monoisotopic (exact) mass is 1070 g/mol. The summed E-state index contributed by atoms with van der Waals surface area (Å²) in [6.45, 7) is 0. The molecule has 3 heterocycles. The fourth-order valence-electron chi connectivity index (χ4n) is 13.2. The molecule has 4 heteroatoms. The average Bonchev–Trinajstić information content (AvgIpc) is 1.29. The number of benzene rings is 13. The Morgan fingerprint density at radius 1 is 0.256 bits per heavy atom. The molecule has 0 radical (unpaired) electrons. The topological polar surface area (TPSA) is 14.8 Å². The highest BCUT2D eigenvalue weighted by Gasteiger charge is 2.42. The molecular formula is C78H53N3Si. The van der Waals surface area contributed by atoms with E-state index < -0.39 is 32.2 Å². The van der Waals surface area contributed by atoms with Crippen molar-refractivity contribution in [2.75, 3.05) is 0 Å². The van der Waals surface area contributed by atoms with Crippen molar-refractivity contribution >= 4 is 94.2 Å². The summed E-state index contributed by atoms with van der Waals surface area (Å²) in [6, 6.07) is 94.9. The van der Waals surface area contributed by atoms with E-state index in [0.29, 0.717) is 5.69 Å². The molecule has 0 aliphatic rings. The fourth-order valence-corrected chi connectivity index (χ4v) is 18.0. The van der Waals surface area contributed by atoms with Gasteiger partial charge in [0.05, 0.1) is 55.4 Å². The Balaban J connectivity index is 0.927. The van der Waals surface area contributed by atoms with Crippen LogP contribution in [0, 0.1) is 0 Å². The van der Waals surface area contributed by atoms with Crippen LogP contribution in [0.4, 0.5) is 0 Å². The van der Waals surface area contributed by atoms with E-state index in [1.54, 1.807) is 4.57 Å². The molecule has 3 aromatic heterocycles. The summed E-state index contributed by atoms with van der Waals surface area (Å²) < 4.78 is 77.6. The van der Waals surface area contributed by atoms with Gasteiger partial charge >= 0.3 is 0 Å². The summed E-state index contributed by atoms with van der Waals surface area (Å²) in [4.78, 5) is 0. The smallest absolute Gasteiger partial charge is 0.179 e. The maximum Gasteiger partial charge on any atom is 0.179 e. The normalized spacial score (nSPS) is 13.3. The third-order valence-corrected chi connectivity index (χ3v) is 21.4. The van der Waals surface area contributed by atoms with Gasteiger partial charge in [0.2, 0.25) is 0 Å². The maximum absolute atomic E-state index is 9.22. The van der Waals surface area contributed by atoms with Crippen LogP contribution in [0.1, 0.15) is 11.0 Å². The van der Waals surface area contributed by atoms with E-state index in [2.05, 4.69) is 252 Å². The third-order valence-electron chi connectivity index (χ3n) is 16.6. The quantitative estimate of drug-likeness (QED) is 0.0958. The predicted octanol–water partition coefficient (Wildman–Crippen LogP) is 17.4. The minimum atomic E-state index is -3.07. The fraction of sp³-hybridized carbons (Fsp3) is 0. The first kappa shape index (κ1) is 39.8. The predicted molar refractivity (Wildman–Crippen MR) is 349 cm³/mol. The lowest BCUT2D eigenvalue weighted by molar-refractivity contribution is 1.17. The van der Waals surface area contributed by atoms with Crippen molar-refractivity contribution in [1.82, 2.24) is 13.7 Å². The molecule has 0 aliphatic heterocycles. The lowest BCUT2D eigenvalue weighted by Gasteiger charge is -2.36. The van der Waals surface area contributed by atoms with Gasteiger partial charge in [-0.05, 0) is 98.1 Å². The second kappa shape index (κ2) is 19.4. The van der Waals surface area contributed by atoms with E-state index in [0.717, 1.165) is 88.4 Å². The first-order chi connectivity index (χ1) is 44.0. The Morgan fingerprint density at radius 2 is 0.683 bits per heavy atom. The van der Waals surface area contributed by atoms with Crippen molar-refractivity contribution < 1.29 is 11.0 Å². The number of fused-ring (bicyclic) bond motifs is 9. The first-order valence-corrected chi connectivity index (χ1v) is 29.7. The van der Waals surface area contributed by atoms with Crippen LogP contribution in [0.5, 0.6) is 0 Å². The van der Waals surface area contributed by atoms with Gasteiger partial charge in [0, 0.05) is 54.7 Å². The number of hydrogen-bond donors (Lipinski definition) is 0. The van der Waals surface area contributed by atoms with Gasteiger partial charge in [-0.25, -0.2) is 0 Å². The molecule has 0 bridgehead atoms. The molecule has 0 saturated heterocycles. The summed E-state index contributed by atoms with van der Waals surface area (Å²) in [6.07, 6.45) is 0. The molecule has 82 heavy (non-hydrogen) atoms. The van der Waals surface area contributed by atoms with E-state index in [4.69, 9.17) is 8.22 Å². The Kier molecular flexibility index (Phi) is 9.40. The van der Waals surface area contributed by atoms with E-state index in [1.165, 1.54) is 20.7 Å². The highest BCUT2D eigenvalue weighted by Crippen LogP contribution is 2.44. The van der Waals surface area contributed by atoms with Gasteiger partial charge in [-0.2, -0.15) is 0 Å². The van der Waals surface area contributed by atoms with Crippen molar-refractivity contribution in [3.05, 3.63) is 321 Å². The maximum atomic E-state index is 9.22. The number of hydrogen-bond acceptors (Lipinski definition) is 0. The molecule has 16 rings (SSSR count). The zero-order valence-electron chi connectivity index (χ0n) is 52.3. The highest BCUT2D eigenvalue weighted by atomic mass is 28.3. The Labute approximate surface area is 488 Å². The number of aromatic nitrogens is 3. The van der Waals surface area contributed by atoms with Crippen LogP contribution in [0.15, 0.2) is 321 Å². The standard InChI is InChI=1S/C78H53N3Si/c1-6-26-54(27-7-1)67-52-61(82(58-30-10-3-11-31-58,59-32-12-4-13-33-59)60-34-14-5-15-35-60)53-68(55-28-8-2-9-29-55)78(67)81-75-45-25-20-39-65(75)69-50-56(46-48-77(69)81)62-36-16-21-41-71(62)80-74-44-24-19-40-66(74)70-51-57(47-49-76(70)80)79-72-42-22-17-37-63(72)64-38-18-23-43-73(64)79/h1-53H/i17D,18D,22D,23D,37D,38D,42D,43D. The minimum absolute atomic E-state index is 0.0415. The van der Waals surface area contributed by atoms with E-state index >= 15 is 0 Å². The van der Waals surface area contributed by atoms with E-state index in [9.17, 15) is 2.74 Å². The molecular weight excluding hydrogens is 1010 g/mol. The molecule has 0 saturated carbocycles. The van der Waals surface area contributed by atoms with Gasteiger partial charge in [0.15, 0.2) is 8.07 Å². The zero-order chi connectivity index (χ0) is 61.1. The molecule has 0 unspecified atom stereocenters. The van der Waals surface area contributed by atoms with E-state index in [-0.39, 0.29) is 46.0 Å². The largest absolute Gasteiger partial charge is 0.309 e.